The first-order chi connectivity index (χ1) is 11.6. The van der Waals surface area contributed by atoms with E-state index in [2.05, 4.69) is 5.32 Å². The van der Waals surface area contributed by atoms with Crippen LogP contribution in [0, 0.1) is 12.7 Å². The molecule has 0 saturated carbocycles. The highest BCUT2D eigenvalue weighted by Gasteiger charge is 2.16. The van der Waals surface area contributed by atoms with Crippen molar-refractivity contribution in [3.05, 3.63) is 59.4 Å². The molecule has 1 aliphatic heterocycles. The summed E-state index contributed by atoms with van der Waals surface area (Å²) in [6, 6.07) is 11.5. The zero-order chi connectivity index (χ0) is 16.9. The molecule has 1 amide bonds. The number of ether oxygens (including phenoxy) is 2. The van der Waals surface area contributed by atoms with E-state index in [0.717, 1.165) is 25.0 Å². The third-order valence-electron chi connectivity index (χ3n) is 3.93. The quantitative estimate of drug-likeness (QED) is 0.904. The molecule has 1 aliphatic rings. The van der Waals surface area contributed by atoms with Crippen molar-refractivity contribution >= 4 is 11.6 Å². The SMILES string of the molecule is Cc1ccc(F)c(NC(=O)c2cccc(OCC3CCCO3)c2)c1. The van der Waals surface area contributed by atoms with Crippen molar-refractivity contribution in [2.45, 2.75) is 25.9 Å². The van der Waals surface area contributed by atoms with Gasteiger partial charge in [0.05, 0.1) is 11.8 Å². The highest BCUT2D eigenvalue weighted by molar-refractivity contribution is 6.04. The standard InChI is InChI=1S/C19H20FNO3/c1-13-7-8-17(20)18(10-13)21-19(22)14-4-2-5-15(11-14)24-12-16-6-3-9-23-16/h2,4-5,7-8,10-11,16H,3,6,9,12H2,1H3,(H,21,22). The number of hydrogen-bond donors (Lipinski definition) is 1. The van der Waals surface area contributed by atoms with Crippen molar-refractivity contribution in [3.63, 3.8) is 0 Å². The van der Waals surface area contributed by atoms with Crippen LogP contribution in [0.25, 0.3) is 0 Å². The van der Waals surface area contributed by atoms with Crippen molar-refractivity contribution in [1.29, 1.82) is 0 Å². The number of aryl methyl sites for hydroxylation is 1. The van der Waals surface area contributed by atoms with E-state index in [-0.39, 0.29) is 17.7 Å². The average molecular weight is 329 g/mol. The Morgan fingerprint density at radius 2 is 2.21 bits per heavy atom. The van der Waals surface area contributed by atoms with E-state index in [9.17, 15) is 9.18 Å². The van der Waals surface area contributed by atoms with Crippen LogP contribution < -0.4 is 10.1 Å². The molecular formula is C19H20FNO3. The van der Waals surface area contributed by atoms with Crippen molar-refractivity contribution in [1.82, 2.24) is 0 Å². The van der Waals surface area contributed by atoms with Crippen molar-refractivity contribution in [3.8, 4) is 5.75 Å². The van der Waals surface area contributed by atoms with Crippen LogP contribution in [0.1, 0.15) is 28.8 Å². The van der Waals surface area contributed by atoms with E-state index < -0.39 is 5.82 Å². The van der Waals surface area contributed by atoms with Crippen LogP contribution in [0.15, 0.2) is 42.5 Å². The fraction of sp³-hybridized carbons (Fsp3) is 0.316. The van der Waals surface area contributed by atoms with Gasteiger partial charge >= 0.3 is 0 Å². The lowest BCUT2D eigenvalue weighted by molar-refractivity contribution is 0.0679. The van der Waals surface area contributed by atoms with E-state index in [1.807, 2.05) is 6.92 Å². The van der Waals surface area contributed by atoms with E-state index in [4.69, 9.17) is 9.47 Å². The molecule has 1 N–H and O–H groups in total. The average Bonchev–Trinajstić information content (AvgIpc) is 3.10. The number of nitrogens with one attached hydrogen (secondary N) is 1. The molecule has 1 saturated heterocycles. The predicted molar refractivity (Wildman–Crippen MR) is 90.0 cm³/mol. The Bertz CT molecular complexity index is 726. The summed E-state index contributed by atoms with van der Waals surface area (Å²) in [5.74, 6) is -0.232. The van der Waals surface area contributed by atoms with Gasteiger partial charge in [0, 0.05) is 12.2 Å². The summed E-state index contributed by atoms with van der Waals surface area (Å²) in [7, 11) is 0. The lowest BCUT2D eigenvalue weighted by Crippen LogP contribution is -2.17. The minimum atomic E-state index is -0.459. The molecule has 1 atom stereocenters. The first-order valence-electron chi connectivity index (χ1n) is 8.04. The van der Waals surface area contributed by atoms with Gasteiger partial charge in [-0.05, 0) is 55.7 Å². The van der Waals surface area contributed by atoms with Crippen molar-refractivity contribution < 1.29 is 18.7 Å². The second kappa shape index (κ2) is 7.45. The van der Waals surface area contributed by atoms with Gasteiger partial charge < -0.3 is 14.8 Å². The van der Waals surface area contributed by atoms with Gasteiger partial charge in [-0.3, -0.25) is 4.79 Å². The summed E-state index contributed by atoms with van der Waals surface area (Å²) in [6.07, 6.45) is 2.16. The van der Waals surface area contributed by atoms with Crippen LogP contribution in [0.5, 0.6) is 5.75 Å². The molecule has 1 unspecified atom stereocenters. The lowest BCUT2D eigenvalue weighted by Gasteiger charge is -2.12. The van der Waals surface area contributed by atoms with Crippen molar-refractivity contribution in [2.75, 3.05) is 18.5 Å². The molecule has 4 nitrogen and oxygen atoms in total. The number of carbonyl (C=O) groups is 1. The van der Waals surface area contributed by atoms with Crippen molar-refractivity contribution in [2.24, 2.45) is 0 Å². The molecule has 3 rings (SSSR count). The second-order valence-electron chi connectivity index (χ2n) is 5.91. The third kappa shape index (κ3) is 4.11. The van der Waals surface area contributed by atoms with Gasteiger partial charge in [-0.15, -0.1) is 0 Å². The summed E-state index contributed by atoms with van der Waals surface area (Å²) in [4.78, 5) is 12.3. The molecule has 0 spiro atoms. The molecule has 1 fully saturated rings. The molecule has 0 aromatic heterocycles. The number of hydrogen-bond acceptors (Lipinski definition) is 3. The molecular weight excluding hydrogens is 309 g/mol. The van der Waals surface area contributed by atoms with Crippen LogP contribution in [-0.2, 0) is 4.74 Å². The van der Waals surface area contributed by atoms with Crippen LogP contribution in [-0.4, -0.2) is 25.2 Å². The van der Waals surface area contributed by atoms with E-state index in [0.29, 0.717) is 17.9 Å². The monoisotopic (exact) mass is 329 g/mol. The maximum Gasteiger partial charge on any atom is 0.255 e. The molecule has 2 aromatic rings. The highest BCUT2D eigenvalue weighted by atomic mass is 19.1. The van der Waals surface area contributed by atoms with Gasteiger partial charge in [-0.25, -0.2) is 4.39 Å². The fourth-order valence-corrected chi connectivity index (χ4v) is 2.62. The molecule has 0 bridgehead atoms. The van der Waals surface area contributed by atoms with Gasteiger partial charge in [0.15, 0.2) is 0 Å². The summed E-state index contributed by atoms with van der Waals surface area (Å²) in [5, 5.41) is 2.60. The smallest absolute Gasteiger partial charge is 0.255 e. The third-order valence-corrected chi connectivity index (χ3v) is 3.93. The number of amides is 1. The Kier molecular flexibility index (Phi) is 5.11. The Morgan fingerprint density at radius 1 is 1.33 bits per heavy atom. The van der Waals surface area contributed by atoms with Gasteiger partial charge in [0.25, 0.3) is 5.91 Å². The minimum Gasteiger partial charge on any atom is -0.491 e. The highest BCUT2D eigenvalue weighted by Crippen LogP contribution is 2.20. The minimum absolute atomic E-state index is 0.115. The van der Waals surface area contributed by atoms with Gasteiger partial charge in [0.1, 0.15) is 18.2 Å². The summed E-state index contributed by atoms with van der Waals surface area (Å²) >= 11 is 0. The Labute approximate surface area is 140 Å². The largest absolute Gasteiger partial charge is 0.491 e. The van der Waals surface area contributed by atoms with E-state index in [1.165, 1.54) is 6.07 Å². The normalized spacial score (nSPS) is 16.8. The molecule has 5 heteroatoms. The topological polar surface area (TPSA) is 47.6 Å². The zero-order valence-electron chi connectivity index (χ0n) is 13.5. The lowest BCUT2D eigenvalue weighted by atomic mass is 10.1. The Hall–Kier alpha value is -2.40. The number of halogens is 1. The van der Waals surface area contributed by atoms with Gasteiger partial charge in [0.2, 0.25) is 0 Å². The summed E-state index contributed by atoms with van der Waals surface area (Å²) < 4.78 is 25.0. The number of benzene rings is 2. The maximum atomic E-state index is 13.8. The maximum absolute atomic E-state index is 13.8. The van der Waals surface area contributed by atoms with Gasteiger partial charge in [-0.2, -0.15) is 0 Å². The number of rotatable bonds is 5. The first-order valence-corrected chi connectivity index (χ1v) is 8.04. The predicted octanol–water partition coefficient (Wildman–Crippen LogP) is 3.94. The van der Waals surface area contributed by atoms with E-state index >= 15 is 0 Å². The zero-order valence-corrected chi connectivity index (χ0v) is 13.5. The molecule has 0 radical (unpaired) electrons. The Balaban J connectivity index is 1.66. The molecule has 2 aromatic carbocycles. The molecule has 0 aliphatic carbocycles. The fourth-order valence-electron chi connectivity index (χ4n) is 2.62. The molecule has 126 valence electrons. The number of anilines is 1. The summed E-state index contributed by atoms with van der Waals surface area (Å²) in [6.45, 7) is 3.09. The van der Waals surface area contributed by atoms with Crippen LogP contribution in [0.3, 0.4) is 0 Å². The molecule has 24 heavy (non-hydrogen) atoms. The first kappa shape index (κ1) is 16.5. The van der Waals surface area contributed by atoms with Crippen LogP contribution in [0.2, 0.25) is 0 Å². The summed E-state index contributed by atoms with van der Waals surface area (Å²) in [5.41, 5.74) is 1.46. The van der Waals surface area contributed by atoms with Crippen LogP contribution >= 0.6 is 0 Å². The Morgan fingerprint density at radius 3 is 3.00 bits per heavy atom. The van der Waals surface area contributed by atoms with Crippen LogP contribution in [0.4, 0.5) is 10.1 Å². The van der Waals surface area contributed by atoms with E-state index in [1.54, 1.807) is 36.4 Å². The number of carbonyl (C=O) groups excluding carboxylic acids is 1. The van der Waals surface area contributed by atoms with Gasteiger partial charge in [-0.1, -0.05) is 12.1 Å². The molecule has 1 heterocycles. The second-order valence-corrected chi connectivity index (χ2v) is 5.91.